The second-order valence-corrected chi connectivity index (χ2v) is 12.1. The Bertz CT molecular complexity index is 1100. The normalized spacial score (nSPS) is 24.9. The van der Waals surface area contributed by atoms with E-state index < -0.39 is 10.0 Å². The third-order valence-corrected chi connectivity index (χ3v) is 9.74. The third kappa shape index (κ3) is 5.62. The minimum absolute atomic E-state index is 0.249. The zero-order valence-electron chi connectivity index (χ0n) is 20.8. The van der Waals surface area contributed by atoms with E-state index in [1.807, 2.05) is 37.4 Å². The molecule has 2 unspecified atom stereocenters. The average Bonchev–Trinajstić information content (AvgIpc) is 3.16. The van der Waals surface area contributed by atoms with Crippen molar-refractivity contribution in [3.8, 4) is 0 Å². The van der Waals surface area contributed by atoms with E-state index in [0.29, 0.717) is 23.9 Å². The van der Waals surface area contributed by atoms with Crippen LogP contribution in [0.25, 0.3) is 0 Å². The standard InChI is InChI=1S/C26H38N6O2S/c1-21-9-4-5-11-24(21)35(33,34)32-17-8-10-23(20-32)31-18-13-22(19-31)28-26-27-14-12-25(29-26)30-15-6-2-3-7-16-30/h4-5,9,11-12,14,22-23H,2-3,6-8,10,13,15-20H2,1H3,(H,27,28,29). The molecular formula is C26H38N6O2S. The number of aryl methyl sites for hydroxylation is 1. The molecule has 1 aromatic carbocycles. The SMILES string of the molecule is Cc1ccccc1S(=O)(=O)N1CCCC(N2CCC(Nc3nccc(N4CCCCCC4)n3)C2)C1. The highest BCUT2D eigenvalue weighted by Crippen LogP contribution is 2.27. The van der Waals surface area contributed by atoms with Crippen LogP contribution in [0.3, 0.4) is 0 Å². The number of nitrogens with zero attached hydrogens (tertiary/aromatic N) is 5. The molecule has 3 aliphatic heterocycles. The van der Waals surface area contributed by atoms with Gasteiger partial charge >= 0.3 is 0 Å². The van der Waals surface area contributed by atoms with Gasteiger partial charge in [0.25, 0.3) is 0 Å². The summed E-state index contributed by atoms with van der Waals surface area (Å²) < 4.78 is 28.4. The summed E-state index contributed by atoms with van der Waals surface area (Å²) in [4.78, 5) is 14.6. The van der Waals surface area contributed by atoms with Crippen LogP contribution in [0, 0.1) is 6.92 Å². The van der Waals surface area contributed by atoms with E-state index in [9.17, 15) is 8.42 Å². The molecule has 4 heterocycles. The fraction of sp³-hybridized carbons (Fsp3) is 0.615. The number of anilines is 2. The molecule has 0 amide bonds. The van der Waals surface area contributed by atoms with Gasteiger partial charge in [0.2, 0.25) is 16.0 Å². The van der Waals surface area contributed by atoms with Gasteiger partial charge in [-0.15, -0.1) is 0 Å². The van der Waals surface area contributed by atoms with Crippen molar-refractivity contribution in [2.75, 3.05) is 49.5 Å². The number of benzene rings is 1. The van der Waals surface area contributed by atoms with Gasteiger partial charge in [0.15, 0.2) is 0 Å². The number of rotatable bonds is 6. The van der Waals surface area contributed by atoms with E-state index in [1.165, 1.54) is 25.7 Å². The first-order valence-electron chi connectivity index (χ1n) is 13.1. The van der Waals surface area contributed by atoms with E-state index in [4.69, 9.17) is 4.98 Å². The number of likely N-dealkylation sites (tertiary alicyclic amines) is 1. The summed E-state index contributed by atoms with van der Waals surface area (Å²) in [7, 11) is -3.47. The maximum atomic E-state index is 13.3. The molecule has 0 spiro atoms. The minimum Gasteiger partial charge on any atom is -0.356 e. The predicted octanol–water partition coefficient (Wildman–Crippen LogP) is 3.50. The molecule has 0 saturated carbocycles. The molecule has 3 fully saturated rings. The van der Waals surface area contributed by atoms with Gasteiger partial charge in [-0.05, 0) is 56.7 Å². The topological polar surface area (TPSA) is 81.7 Å². The van der Waals surface area contributed by atoms with Gasteiger partial charge in [0.05, 0.1) is 4.90 Å². The maximum Gasteiger partial charge on any atom is 0.243 e. The first-order chi connectivity index (χ1) is 17.0. The lowest BCUT2D eigenvalue weighted by Gasteiger charge is -2.37. The molecule has 1 aromatic heterocycles. The zero-order chi connectivity index (χ0) is 24.3. The Labute approximate surface area is 209 Å². The molecule has 0 aliphatic carbocycles. The van der Waals surface area contributed by atoms with Gasteiger partial charge in [0.1, 0.15) is 5.82 Å². The maximum absolute atomic E-state index is 13.3. The van der Waals surface area contributed by atoms with E-state index in [-0.39, 0.29) is 12.1 Å². The van der Waals surface area contributed by atoms with Crippen LogP contribution in [-0.4, -0.2) is 78.9 Å². The molecule has 0 radical (unpaired) electrons. The first kappa shape index (κ1) is 24.5. The zero-order valence-corrected chi connectivity index (χ0v) is 21.6. The van der Waals surface area contributed by atoms with Crippen molar-refractivity contribution < 1.29 is 8.42 Å². The second kappa shape index (κ2) is 10.8. The summed E-state index contributed by atoms with van der Waals surface area (Å²) in [6, 6.07) is 9.83. The Balaban J connectivity index is 1.20. The lowest BCUT2D eigenvalue weighted by Crippen LogP contribution is -2.49. The molecule has 2 aromatic rings. The lowest BCUT2D eigenvalue weighted by molar-refractivity contribution is 0.161. The fourth-order valence-corrected chi connectivity index (χ4v) is 7.48. The molecule has 9 heteroatoms. The van der Waals surface area contributed by atoms with E-state index >= 15 is 0 Å². The Morgan fingerprint density at radius 2 is 1.71 bits per heavy atom. The molecule has 1 N–H and O–H groups in total. The summed E-state index contributed by atoms with van der Waals surface area (Å²) in [5.41, 5.74) is 0.808. The molecule has 3 aliphatic rings. The minimum atomic E-state index is -3.47. The highest BCUT2D eigenvalue weighted by molar-refractivity contribution is 7.89. The molecule has 2 atom stereocenters. The summed E-state index contributed by atoms with van der Waals surface area (Å²) in [6.45, 7) is 7.01. The van der Waals surface area contributed by atoms with Crippen molar-refractivity contribution in [3.05, 3.63) is 42.1 Å². The van der Waals surface area contributed by atoms with Gasteiger partial charge in [-0.3, -0.25) is 4.90 Å². The van der Waals surface area contributed by atoms with Crippen molar-refractivity contribution in [2.45, 2.75) is 68.8 Å². The Kier molecular flexibility index (Phi) is 7.55. The molecular weight excluding hydrogens is 460 g/mol. The number of sulfonamides is 1. The van der Waals surface area contributed by atoms with Crippen molar-refractivity contribution in [2.24, 2.45) is 0 Å². The number of hydrogen-bond donors (Lipinski definition) is 1. The van der Waals surface area contributed by atoms with Gasteiger partial charge < -0.3 is 10.2 Å². The van der Waals surface area contributed by atoms with Crippen LogP contribution in [0.1, 0.15) is 50.5 Å². The van der Waals surface area contributed by atoms with E-state index in [1.54, 1.807) is 10.4 Å². The monoisotopic (exact) mass is 498 g/mol. The average molecular weight is 499 g/mol. The van der Waals surface area contributed by atoms with Crippen LogP contribution < -0.4 is 10.2 Å². The summed E-state index contributed by atoms with van der Waals surface area (Å²) in [6.07, 6.45) is 9.85. The molecule has 3 saturated heterocycles. The lowest BCUT2D eigenvalue weighted by atomic mass is 10.1. The smallest absolute Gasteiger partial charge is 0.243 e. The van der Waals surface area contributed by atoms with Crippen molar-refractivity contribution >= 4 is 21.8 Å². The predicted molar refractivity (Wildman–Crippen MR) is 139 cm³/mol. The van der Waals surface area contributed by atoms with Crippen LogP contribution in [0.2, 0.25) is 0 Å². The number of nitrogens with one attached hydrogen (secondary N) is 1. The largest absolute Gasteiger partial charge is 0.356 e. The first-order valence-corrected chi connectivity index (χ1v) is 14.6. The van der Waals surface area contributed by atoms with E-state index in [2.05, 4.69) is 20.1 Å². The number of hydrogen-bond acceptors (Lipinski definition) is 7. The quantitative estimate of drug-likeness (QED) is 0.653. The van der Waals surface area contributed by atoms with Crippen molar-refractivity contribution in [3.63, 3.8) is 0 Å². The Morgan fingerprint density at radius 3 is 2.51 bits per heavy atom. The van der Waals surface area contributed by atoms with E-state index in [0.717, 1.165) is 56.8 Å². The van der Waals surface area contributed by atoms with Crippen LogP contribution in [0.15, 0.2) is 41.4 Å². The number of aromatic nitrogens is 2. The summed E-state index contributed by atoms with van der Waals surface area (Å²) >= 11 is 0. The fourth-order valence-electron chi connectivity index (χ4n) is 5.74. The van der Waals surface area contributed by atoms with Gasteiger partial charge in [-0.25, -0.2) is 13.4 Å². The van der Waals surface area contributed by atoms with Crippen molar-refractivity contribution in [1.29, 1.82) is 0 Å². The Hall–Kier alpha value is -2.23. The molecule has 35 heavy (non-hydrogen) atoms. The highest BCUT2D eigenvalue weighted by Gasteiger charge is 2.36. The van der Waals surface area contributed by atoms with Crippen LogP contribution in [0.5, 0.6) is 0 Å². The molecule has 5 rings (SSSR count). The van der Waals surface area contributed by atoms with Crippen LogP contribution >= 0.6 is 0 Å². The van der Waals surface area contributed by atoms with Gasteiger partial charge in [-0.2, -0.15) is 9.29 Å². The number of piperidine rings is 1. The second-order valence-electron chi connectivity index (χ2n) is 10.2. The third-order valence-electron chi connectivity index (χ3n) is 7.71. The van der Waals surface area contributed by atoms with Crippen LogP contribution in [-0.2, 0) is 10.0 Å². The molecule has 8 nitrogen and oxygen atoms in total. The van der Waals surface area contributed by atoms with Crippen molar-refractivity contribution in [1.82, 2.24) is 19.2 Å². The molecule has 0 bridgehead atoms. The summed E-state index contributed by atoms with van der Waals surface area (Å²) in [5.74, 6) is 1.72. The van der Waals surface area contributed by atoms with Gasteiger partial charge in [0, 0.05) is 57.5 Å². The Morgan fingerprint density at radius 1 is 0.914 bits per heavy atom. The highest BCUT2D eigenvalue weighted by atomic mass is 32.2. The van der Waals surface area contributed by atoms with Gasteiger partial charge in [-0.1, -0.05) is 31.0 Å². The van der Waals surface area contributed by atoms with Crippen LogP contribution in [0.4, 0.5) is 11.8 Å². The molecule has 190 valence electrons. The summed E-state index contributed by atoms with van der Waals surface area (Å²) in [5, 5.41) is 3.56.